The van der Waals surface area contributed by atoms with Gasteiger partial charge in [-0.25, -0.2) is 0 Å². The fourth-order valence-corrected chi connectivity index (χ4v) is 3.19. The van der Waals surface area contributed by atoms with Gasteiger partial charge in [0.1, 0.15) is 6.10 Å². The molecule has 2 N–H and O–H groups in total. The molecule has 2 rings (SSSR count). The summed E-state index contributed by atoms with van der Waals surface area (Å²) >= 11 is 0. The molecule has 1 aromatic carbocycles. The summed E-state index contributed by atoms with van der Waals surface area (Å²) in [4.78, 5) is 18.6. The fourth-order valence-electron chi connectivity index (χ4n) is 3.19. The molecule has 1 aliphatic rings. The maximum absolute atomic E-state index is 11.7. The predicted octanol–water partition coefficient (Wildman–Crippen LogP) is 3.03. The van der Waals surface area contributed by atoms with E-state index in [-0.39, 0.29) is 41.9 Å². The van der Waals surface area contributed by atoms with Crippen LogP contribution in [0.1, 0.15) is 43.6 Å². The number of nitrogens with zero attached hydrogens (tertiary/aromatic N) is 2. The Morgan fingerprint density at radius 3 is 2.71 bits per heavy atom. The Labute approximate surface area is 186 Å². The second-order valence-corrected chi connectivity index (χ2v) is 7.35. The molecule has 0 bridgehead atoms. The van der Waals surface area contributed by atoms with Crippen LogP contribution in [0.25, 0.3) is 0 Å². The normalized spacial score (nSPS) is 17.3. The van der Waals surface area contributed by atoms with Gasteiger partial charge in [-0.3, -0.25) is 9.79 Å². The molecule has 28 heavy (non-hydrogen) atoms. The zero-order chi connectivity index (χ0) is 19.8. The molecule has 0 aliphatic carbocycles. The van der Waals surface area contributed by atoms with E-state index in [2.05, 4.69) is 54.5 Å². The Balaban J connectivity index is 0.00000392. The molecule has 6 nitrogen and oxygen atoms in total. The first kappa shape index (κ1) is 24.7. The van der Waals surface area contributed by atoms with Gasteiger partial charge in [0.05, 0.1) is 19.7 Å². The Hall–Kier alpha value is -1.35. The number of aryl methyl sites for hydroxylation is 2. The van der Waals surface area contributed by atoms with E-state index in [0.29, 0.717) is 19.7 Å². The van der Waals surface area contributed by atoms with Gasteiger partial charge < -0.3 is 20.3 Å². The van der Waals surface area contributed by atoms with Crippen molar-refractivity contribution < 1.29 is 9.53 Å². The number of guanidine groups is 1. The van der Waals surface area contributed by atoms with Crippen molar-refractivity contribution in [3.8, 4) is 0 Å². The van der Waals surface area contributed by atoms with Crippen LogP contribution in [0.2, 0.25) is 0 Å². The average Bonchev–Trinajstić information content (AvgIpc) is 2.64. The van der Waals surface area contributed by atoms with Gasteiger partial charge in [0.2, 0.25) is 5.91 Å². The summed E-state index contributed by atoms with van der Waals surface area (Å²) in [5.74, 6) is 0.950. The third-order valence-electron chi connectivity index (χ3n) is 4.67. The molecular formula is C21H35IN4O2. The summed E-state index contributed by atoms with van der Waals surface area (Å²) in [5.41, 5.74) is 3.77. The summed E-state index contributed by atoms with van der Waals surface area (Å²) in [5, 5.41) is 6.28. The zero-order valence-corrected chi connectivity index (χ0v) is 20.1. The SMILES string of the molecule is CCNC(=NCCNC(=O)C(C)C)N1CCOC(c2ccc(C)cc2C)C1.I. The second kappa shape index (κ2) is 12.3. The monoisotopic (exact) mass is 502 g/mol. The number of carbonyl (C=O) groups is 1. The van der Waals surface area contributed by atoms with Crippen LogP contribution in [0, 0.1) is 19.8 Å². The smallest absolute Gasteiger partial charge is 0.222 e. The lowest BCUT2D eigenvalue weighted by Gasteiger charge is -2.36. The number of ether oxygens (including phenoxy) is 1. The fraction of sp³-hybridized carbons (Fsp3) is 0.619. The Bertz CT molecular complexity index is 664. The number of benzene rings is 1. The van der Waals surface area contributed by atoms with Gasteiger partial charge in [-0.2, -0.15) is 0 Å². The van der Waals surface area contributed by atoms with Crippen LogP contribution in [0.5, 0.6) is 0 Å². The molecule has 0 spiro atoms. The molecule has 1 saturated heterocycles. The van der Waals surface area contributed by atoms with Crippen LogP contribution < -0.4 is 10.6 Å². The van der Waals surface area contributed by atoms with E-state index in [1.54, 1.807) is 0 Å². The molecule has 1 aromatic rings. The summed E-state index contributed by atoms with van der Waals surface area (Å²) in [6.07, 6.45) is 0.0452. The lowest BCUT2D eigenvalue weighted by atomic mass is 10.00. The van der Waals surface area contributed by atoms with Gasteiger partial charge in [-0.1, -0.05) is 37.6 Å². The highest BCUT2D eigenvalue weighted by Crippen LogP contribution is 2.25. The van der Waals surface area contributed by atoms with Gasteiger partial charge in [0.25, 0.3) is 0 Å². The lowest BCUT2D eigenvalue weighted by molar-refractivity contribution is -0.123. The highest BCUT2D eigenvalue weighted by molar-refractivity contribution is 14.0. The molecule has 0 saturated carbocycles. The molecule has 1 fully saturated rings. The third kappa shape index (κ3) is 7.24. The van der Waals surface area contributed by atoms with E-state index < -0.39 is 0 Å². The van der Waals surface area contributed by atoms with E-state index >= 15 is 0 Å². The molecule has 1 heterocycles. The molecule has 158 valence electrons. The van der Waals surface area contributed by atoms with Crippen molar-refractivity contribution in [3.05, 3.63) is 34.9 Å². The first-order chi connectivity index (χ1) is 12.9. The van der Waals surface area contributed by atoms with Crippen molar-refractivity contribution in [3.63, 3.8) is 0 Å². The van der Waals surface area contributed by atoms with Crippen molar-refractivity contribution in [1.29, 1.82) is 0 Å². The topological polar surface area (TPSA) is 66.0 Å². The van der Waals surface area contributed by atoms with Crippen LogP contribution >= 0.6 is 24.0 Å². The van der Waals surface area contributed by atoms with E-state index in [9.17, 15) is 4.79 Å². The Kier molecular flexibility index (Phi) is 10.8. The lowest BCUT2D eigenvalue weighted by Crippen LogP contribution is -2.48. The number of nitrogens with one attached hydrogen (secondary N) is 2. The van der Waals surface area contributed by atoms with E-state index in [1.165, 1.54) is 16.7 Å². The van der Waals surface area contributed by atoms with Gasteiger partial charge in [-0.15, -0.1) is 24.0 Å². The van der Waals surface area contributed by atoms with Crippen LogP contribution in [0.15, 0.2) is 23.2 Å². The number of halogens is 1. The van der Waals surface area contributed by atoms with Crippen molar-refractivity contribution in [2.24, 2.45) is 10.9 Å². The van der Waals surface area contributed by atoms with E-state index in [1.807, 2.05) is 13.8 Å². The van der Waals surface area contributed by atoms with Gasteiger partial charge >= 0.3 is 0 Å². The van der Waals surface area contributed by atoms with Crippen LogP contribution in [-0.2, 0) is 9.53 Å². The minimum atomic E-state index is -0.0000305. The number of morpholine rings is 1. The molecule has 1 unspecified atom stereocenters. The van der Waals surface area contributed by atoms with E-state index in [4.69, 9.17) is 9.73 Å². The number of carbonyl (C=O) groups excluding carboxylic acids is 1. The third-order valence-corrected chi connectivity index (χ3v) is 4.67. The Morgan fingerprint density at radius 1 is 1.32 bits per heavy atom. The first-order valence-corrected chi connectivity index (χ1v) is 9.92. The van der Waals surface area contributed by atoms with Crippen molar-refractivity contribution in [2.45, 2.75) is 40.7 Å². The summed E-state index contributed by atoms with van der Waals surface area (Å²) in [6.45, 7) is 14.3. The average molecular weight is 502 g/mol. The minimum Gasteiger partial charge on any atom is -0.370 e. The van der Waals surface area contributed by atoms with Crippen molar-refractivity contribution in [1.82, 2.24) is 15.5 Å². The van der Waals surface area contributed by atoms with Crippen LogP contribution in [0.3, 0.4) is 0 Å². The molecule has 0 radical (unpaired) electrons. The Morgan fingerprint density at radius 2 is 2.07 bits per heavy atom. The minimum absolute atomic E-state index is 0. The van der Waals surface area contributed by atoms with Gasteiger partial charge in [-0.05, 0) is 31.9 Å². The number of aliphatic imine (C=N–C) groups is 1. The van der Waals surface area contributed by atoms with Crippen molar-refractivity contribution in [2.75, 3.05) is 39.3 Å². The van der Waals surface area contributed by atoms with Crippen LogP contribution in [-0.4, -0.2) is 56.1 Å². The maximum atomic E-state index is 11.7. The summed E-state index contributed by atoms with van der Waals surface area (Å²) < 4.78 is 6.05. The van der Waals surface area contributed by atoms with Gasteiger partial charge in [0, 0.05) is 25.6 Å². The quantitative estimate of drug-likeness (QED) is 0.272. The highest BCUT2D eigenvalue weighted by atomic mass is 127. The van der Waals surface area contributed by atoms with Crippen LogP contribution in [0.4, 0.5) is 0 Å². The summed E-state index contributed by atoms with van der Waals surface area (Å²) in [7, 11) is 0. The first-order valence-electron chi connectivity index (χ1n) is 9.92. The van der Waals surface area contributed by atoms with Gasteiger partial charge in [0.15, 0.2) is 5.96 Å². The number of hydrogen-bond acceptors (Lipinski definition) is 3. The molecule has 7 heteroatoms. The van der Waals surface area contributed by atoms with Crippen molar-refractivity contribution >= 4 is 35.8 Å². The molecule has 1 amide bonds. The number of rotatable bonds is 6. The maximum Gasteiger partial charge on any atom is 0.222 e. The molecular weight excluding hydrogens is 467 g/mol. The number of hydrogen-bond donors (Lipinski definition) is 2. The standard InChI is InChI=1S/C21H34N4O2.HI/c1-6-22-21(24-10-9-23-20(26)15(2)3)25-11-12-27-19(14-25)18-8-7-16(4)13-17(18)5;/h7-8,13,15,19H,6,9-12,14H2,1-5H3,(H,22,24)(H,23,26);1H. The molecule has 1 atom stereocenters. The summed E-state index contributed by atoms with van der Waals surface area (Å²) in [6, 6.07) is 6.51. The second-order valence-electron chi connectivity index (χ2n) is 7.35. The highest BCUT2D eigenvalue weighted by Gasteiger charge is 2.25. The molecule has 0 aromatic heterocycles. The van der Waals surface area contributed by atoms with E-state index in [0.717, 1.165) is 25.6 Å². The zero-order valence-electron chi connectivity index (χ0n) is 17.7. The predicted molar refractivity (Wildman–Crippen MR) is 125 cm³/mol. The largest absolute Gasteiger partial charge is 0.370 e. The molecule has 1 aliphatic heterocycles. The number of amides is 1.